The molecule has 3 amide bonds. The van der Waals surface area contributed by atoms with Gasteiger partial charge in [-0.1, -0.05) is 17.8 Å². The molecule has 0 saturated carbocycles. The van der Waals surface area contributed by atoms with Crippen molar-refractivity contribution < 1.29 is 32.3 Å². The number of nitrogens with zero attached hydrogens (tertiary/aromatic N) is 2. The number of thioether (sulfide) groups is 1. The number of carbonyl (C=O) groups excluding carboxylic acids is 3. The summed E-state index contributed by atoms with van der Waals surface area (Å²) in [6.07, 6.45) is 1.72. The SMILES string of the molecule is O=C(NC1CCN(Cc2ccc(OCCCN3C(=O)CSC3=O)c(F)c2)CC1)c1cc(=O)c2ccc(F)cc2o1. The summed E-state index contributed by atoms with van der Waals surface area (Å²) in [7, 11) is 0. The quantitative estimate of drug-likeness (QED) is 0.385. The van der Waals surface area contributed by atoms with Gasteiger partial charge in [0.2, 0.25) is 5.91 Å². The van der Waals surface area contributed by atoms with Crippen LogP contribution in [-0.4, -0.2) is 64.9 Å². The molecule has 40 heavy (non-hydrogen) atoms. The van der Waals surface area contributed by atoms with E-state index in [4.69, 9.17) is 9.15 Å². The van der Waals surface area contributed by atoms with Crippen LogP contribution in [0, 0.1) is 11.6 Å². The van der Waals surface area contributed by atoms with Crippen LogP contribution in [0.25, 0.3) is 11.0 Å². The van der Waals surface area contributed by atoms with E-state index in [1.807, 2.05) is 0 Å². The van der Waals surface area contributed by atoms with E-state index in [0.29, 0.717) is 38.9 Å². The second-order valence-corrected chi connectivity index (χ2v) is 10.6. The van der Waals surface area contributed by atoms with Gasteiger partial charge in [-0.05, 0) is 49.1 Å². The van der Waals surface area contributed by atoms with Crippen molar-refractivity contribution in [3.8, 4) is 5.75 Å². The van der Waals surface area contributed by atoms with Gasteiger partial charge in [-0.3, -0.25) is 29.0 Å². The lowest BCUT2D eigenvalue weighted by molar-refractivity contribution is -0.124. The number of ether oxygens (including phenoxy) is 1. The number of carbonyl (C=O) groups is 3. The molecule has 12 heteroatoms. The molecule has 1 N–H and O–H groups in total. The smallest absolute Gasteiger partial charge is 0.288 e. The zero-order chi connectivity index (χ0) is 28.2. The topological polar surface area (TPSA) is 109 Å². The summed E-state index contributed by atoms with van der Waals surface area (Å²) in [5, 5.41) is 2.82. The molecule has 0 radical (unpaired) electrons. The molecule has 0 spiro atoms. The lowest BCUT2D eigenvalue weighted by Crippen LogP contribution is -2.44. The first-order valence-corrected chi connectivity index (χ1v) is 13.9. The van der Waals surface area contributed by atoms with Gasteiger partial charge < -0.3 is 14.5 Å². The third kappa shape index (κ3) is 6.50. The molecule has 0 bridgehead atoms. The molecule has 3 aromatic rings. The Morgan fingerprint density at radius 2 is 1.88 bits per heavy atom. The van der Waals surface area contributed by atoms with E-state index in [-0.39, 0.29) is 58.6 Å². The predicted molar refractivity (Wildman–Crippen MR) is 144 cm³/mol. The molecule has 1 aromatic heterocycles. The molecule has 2 saturated heterocycles. The van der Waals surface area contributed by atoms with E-state index in [9.17, 15) is 28.0 Å². The van der Waals surface area contributed by atoms with Crippen LogP contribution < -0.4 is 15.5 Å². The van der Waals surface area contributed by atoms with Crippen LogP contribution in [-0.2, 0) is 11.3 Å². The number of rotatable bonds is 9. The second-order valence-electron chi connectivity index (χ2n) is 9.71. The Kier molecular flexibility index (Phi) is 8.46. The Balaban J connectivity index is 1.07. The lowest BCUT2D eigenvalue weighted by Gasteiger charge is -2.32. The molecule has 2 aromatic carbocycles. The Bertz CT molecular complexity index is 1490. The summed E-state index contributed by atoms with van der Waals surface area (Å²) in [6, 6.07) is 9.34. The molecule has 0 unspecified atom stereocenters. The maximum Gasteiger partial charge on any atom is 0.288 e. The van der Waals surface area contributed by atoms with Crippen molar-refractivity contribution in [3.63, 3.8) is 0 Å². The molecule has 2 aliphatic rings. The standard InChI is InChI=1S/C28H27F2N3O6S/c29-18-3-4-20-22(34)14-25(39-24(20)13-18)27(36)31-19-6-9-32(10-7-19)15-17-2-5-23(21(30)12-17)38-11-1-8-33-26(35)16-40-28(33)37/h2-5,12-14,19H,1,6-11,15-16H2,(H,31,36). The number of nitrogens with one attached hydrogen (secondary N) is 1. The third-order valence-corrected chi connectivity index (χ3v) is 7.72. The summed E-state index contributed by atoms with van der Waals surface area (Å²) in [5.74, 6) is -1.68. The second kappa shape index (κ2) is 12.2. The molecular formula is C28H27F2N3O6S. The number of hydrogen-bond acceptors (Lipinski definition) is 8. The summed E-state index contributed by atoms with van der Waals surface area (Å²) in [5.41, 5.74) is 0.382. The maximum absolute atomic E-state index is 14.6. The van der Waals surface area contributed by atoms with Gasteiger partial charge in [0.25, 0.3) is 11.1 Å². The fourth-order valence-corrected chi connectivity index (χ4v) is 5.50. The van der Waals surface area contributed by atoms with Crippen LogP contribution in [0.2, 0.25) is 0 Å². The number of likely N-dealkylation sites (tertiary alicyclic amines) is 1. The van der Waals surface area contributed by atoms with Gasteiger partial charge in [-0.2, -0.15) is 0 Å². The van der Waals surface area contributed by atoms with Gasteiger partial charge in [-0.15, -0.1) is 0 Å². The van der Waals surface area contributed by atoms with E-state index < -0.39 is 23.0 Å². The van der Waals surface area contributed by atoms with Crippen molar-refractivity contribution >= 4 is 39.8 Å². The van der Waals surface area contributed by atoms with Gasteiger partial charge in [0.1, 0.15) is 11.4 Å². The van der Waals surface area contributed by atoms with Crippen LogP contribution in [0.5, 0.6) is 5.75 Å². The van der Waals surface area contributed by atoms with Crippen molar-refractivity contribution in [2.45, 2.75) is 31.8 Å². The first-order chi connectivity index (χ1) is 19.3. The molecule has 0 aliphatic carbocycles. The molecule has 3 heterocycles. The average molecular weight is 572 g/mol. The van der Waals surface area contributed by atoms with E-state index in [1.54, 1.807) is 12.1 Å². The Morgan fingerprint density at radius 3 is 2.60 bits per heavy atom. The third-order valence-electron chi connectivity index (χ3n) is 6.86. The van der Waals surface area contributed by atoms with Crippen LogP contribution in [0.1, 0.15) is 35.4 Å². The van der Waals surface area contributed by atoms with Crippen LogP contribution in [0.4, 0.5) is 13.6 Å². The fraction of sp³-hybridized carbons (Fsp3) is 0.357. The van der Waals surface area contributed by atoms with Crippen LogP contribution in [0.15, 0.2) is 51.7 Å². The Hall–Kier alpha value is -3.77. The van der Waals surface area contributed by atoms with Gasteiger partial charge in [0.05, 0.1) is 17.7 Å². The largest absolute Gasteiger partial charge is 0.490 e. The van der Waals surface area contributed by atoms with E-state index >= 15 is 0 Å². The lowest BCUT2D eigenvalue weighted by atomic mass is 10.0. The summed E-state index contributed by atoms with van der Waals surface area (Å²) >= 11 is 0.978. The molecular weight excluding hydrogens is 544 g/mol. The number of hydrogen-bond donors (Lipinski definition) is 1. The number of piperidine rings is 1. The van der Waals surface area contributed by atoms with Crippen molar-refractivity contribution in [1.82, 2.24) is 15.1 Å². The normalized spacial score (nSPS) is 16.6. The summed E-state index contributed by atoms with van der Waals surface area (Å²) < 4.78 is 39.1. The molecule has 9 nitrogen and oxygen atoms in total. The van der Waals surface area contributed by atoms with Gasteiger partial charge in [-0.25, -0.2) is 8.78 Å². The Labute approximate surface area is 232 Å². The van der Waals surface area contributed by atoms with Crippen molar-refractivity contribution in [1.29, 1.82) is 0 Å². The predicted octanol–water partition coefficient (Wildman–Crippen LogP) is 3.93. The van der Waals surface area contributed by atoms with E-state index in [1.165, 1.54) is 17.0 Å². The minimum Gasteiger partial charge on any atom is -0.490 e. The maximum atomic E-state index is 14.6. The number of amides is 3. The number of benzene rings is 2. The number of fused-ring (bicyclic) bond motifs is 1. The highest BCUT2D eigenvalue weighted by molar-refractivity contribution is 8.14. The average Bonchev–Trinajstić information content (AvgIpc) is 3.25. The summed E-state index contributed by atoms with van der Waals surface area (Å²) in [4.78, 5) is 51.5. The van der Waals surface area contributed by atoms with Crippen LogP contribution in [0.3, 0.4) is 0 Å². The molecule has 5 rings (SSSR count). The minimum atomic E-state index is -0.563. The number of halogens is 2. The Morgan fingerprint density at radius 1 is 1.07 bits per heavy atom. The molecule has 0 atom stereocenters. The molecule has 2 fully saturated rings. The highest BCUT2D eigenvalue weighted by atomic mass is 32.2. The minimum absolute atomic E-state index is 0.0189. The first kappa shape index (κ1) is 27.8. The molecule has 210 valence electrons. The number of imide groups is 1. The zero-order valence-electron chi connectivity index (χ0n) is 21.5. The van der Waals surface area contributed by atoms with E-state index in [2.05, 4.69) is 10.2 Å². The zero-order valence-corrected chi connectivity index (χ0v) is 22.3. The van der Waals surface area contributed by atoms with Gasteiger partial charge in [0.15, 0.2) is 22.8 Å². The van der Waals surface area contributed by atoms with E-state index in [0.717, 1.165) is 35.5 Å². The van der Waals surface area contributed by atoms with Gasteiger partial charge >= 0.3 is 0 Å². The van der Waals surface area contributed by atoms with Gasteiger partial charge in [0, 0.05) is 44.4 Å². The van der Waals surface area contributed by atoms with Crippen LogP contribution >= 0.6 is 11.8 Å². The molecule has 2 aliphatic heterocycles. The fourth-order valence-electron chi connectivity index (χ4n) is 4.75. The van der Waals surface area contributed by atoms with Crippen molar-refractivity contribution in [2.75, 3.05) is 32.0 Å². The van der Waals surface area contributed by atoms with Crippen molar-refractivity contribution in [2.24, 2.45) is 0 Å². The highest BCUT2D eigenvalue weighted by Crippen LogP contribution is 2.22. The first-order valence-electron chi connectivity index (χ1n) is 12.9. The highest BCUT2D eigenvalue weighted by Gasteiger charge is 2.29. The monoisotopic (exact) mass is 571 g/mol. The summed E-state index contributed by atoms with van der Waals surface area (Å²) in [6.45, 7) is 2.29. The van der Waals surface area contributed by atoms with Crippen molar-refractivity contribution in [3.05, 3.63) is 75.6 Å².